The highest BCUT2D eigenvalue weighted by Gasteiger charge is 2.26. The van der Waals surface area contributed by atoms with Gasteiger partial charge in [-0.15, -0.1) is 11.3 Å². The molecule has 2 rings (SSSR count). The lowest BCUT2D eigenvalue weighted by Gasteiger charge is -2.27. The zero-order valence-electron chi connectivity index (χ0n) is 12.7. The molecule has 0 amide bonds. The SMILES string of the molecule is COC(=O)c1sc(N(C)CC2CCOCC2)c(OC)c1N. The second-order valence-electron chi connectivity index (χ2n) is 5.11. The van der Waals surface area contributed by atoms with Crippen LogP contribution in [-0.2, 0) is 9.47 Å². The average Bonchev–Trinajstić information content (AvgIpc) is 2.84. The molecule has 0 saturated carbocycles. The first-order chi connectivity index (χ1) is 10.1. The predicted molar refractivity (Wildman–Crippen MR) is 83.4 cm³/mol. The van der Waals surface area contributed by atoms with Crippen molar-refractivity contribution in [1.29, 1.82) is 0 Å². The highest BCUT2D eigenvalue weighted by molar-refractivity contribution is 7.19. The molecule has 21 heavy (non-hydrogen) atoms. The summed E-state index contributed by atoms with van der Waals surface area (Å²) in [5.41, 5.74) is 6.35. The lowest BCUT2D eigenvalue weighted by atomic mass is 10.00. The number of ether oxygens (including phenoxy) is 3. The lowest BCUT2D eigenvalue weighted by Crippen LogP contribution is -2.29. The Kier molecular flexibility index (Phi) is 5.30. The van der Waals surface area contributed by atoms with Gasteiger partial charge in [-0.1, -0.05) is 0 Å². The zero-order valence-corrected chi connectivity index (χ0v) is 13.5. The van der Waals surface area contributed by atoms with Gasteiger partial charge >= 0.3 is 5.97 Å². The summed E-state index contributed by atoms with van der Waals surface area (Å²) in [6.07, 6.45) is 2.11. The number of esters is 1. The maximum Gasteiger partial charge on any atom is 0.350 e. The van der Waals surface area contributed by atoms with Crippen LogP contribution in [0.25, 0.3) is 0 Å². The van der Waals surface area contributed by atoms with Crippen LogP contribution < -0.4 is 15.4 Å². The van der Waals surface area contributed by atoms with Gasteiger partial charge in [-0.25, -0.2) is 4.79 Å². The Bertz CT molecular complexity index is 497. The van der Waals surface area contributed by atoms with Crippen molar-refractivity contribution >= 4 is 28.0 Å². The molecule has 0 bridgehead atoms. The van der Waals surface area contributed by atoms with Crippen molar-refractivity contribution in [2.24, 2.45) is 5.92 Å². The first kappa shape index (κ1) is 15.9. The van der Waals surface area contributed by atoms with E-state index in [0.717, 1.165) is 37.6 Å². The first-order valence-corrected chi connectivity index (χ1v) is 7.73. The minimum absolute atomic E-state index is 0.350. The van der Waals surface area contributed by atoms with E-state index in [9.17, 15) is 4.79 Å². The van der Waals surface area contributed by atoms with Gasteiger partial charge in [0.15, 0.2) is 5.75 Å². The van der Waals surface area contributed by atoms with Gasteiger partial charge in [-0.3, -0.25) is 0 Å². The standard InChI is InChI=1S/C14H22N2O4S/c1-16(8-9-4-6-20-7-5-9)13-11(18-2)10(15)12(21-13)14(17)19-3/h9H,4-8,15H2,1-3H3. The number of thiophene rings is 1. The predicted octanol–water partition coefficient (Wildman–Crippen LogP) is 1.99. The van der Waals surface area contributed by atoms with Crippen LogP contribution in [0.1, 0.15) is 22.5 Å². The number of carbonyl (C=O) groups excluding carboxylic acids is 1. The first-order valence-electron chi connectivity index (χ1n) is 6.91. The number of nitrogen functional groups attached to an aromatic ring is 1. The largest absolute Gasteiger partial charge is 0.492 e. The van der Waals surface area contributed by atoms with Crippen LogP contribution in [0.15, 0.2) is 0 Å². The van der Waals surface area contributed by atoms with Crippen LogP contribution in [-0.4, -0.2) is 47.0 Å². The highest BCUT2D eigenvalue weighted by atomic mass is 32.1. The number of nitrogens with two attached hydrogens (primary N) is 1. The van der Waals surface area contributed by atoms with Gasteiger partial charge < -0.3 is 24.8 Å². The van der Waals surface area contributed by atoms with Crippen molar-refractivity contribution in [3.05, 3.63) is 4.88 Å². The van der Waals surface area contributed by atoms with E-state index in [4.69, 9.17) is 19.9 Å². The number of hydrogen-bond donors (Lipinski definition) is 1. The lowest BCUT2D eigenvalue weighted by molar-refractivity contribution is 0.0607. The summed E-state index contributed by atoms with van der Waals surface area (Å²) in [6.45, 7) is 2.52. The van der Waals surface area contributed by atoms with E-state index in [1.165, 1.54) is 18.4 Å². The van der Waals surface area contributed by atoms with Gasteiger partial charge in [-0.2, -0.15) is 0 Å². The number of carbonyl (C=O) groups is 1. The van der Waals surface area contributed by atoms with Crippen LogP contribution in [0.5, 0.6) is 5.75 Å². The Morgan fingerprint density at radius 2 is 2.10 bits per heavy atom. The zero-order chi connectivity index (χ0) is 15.4. The molecule has 0 radical (unpaired) electrons. The summed E-state index contributed by atoms with van der Waals surface area (Å²) < 4.78 is 15.5. The number of rotatable bonds is 5. The maximum absolute atomic E-state index is 11.7. The van der Waals surface area contributed by atoms with Gasteiger partial charge in [0.05, 0.1) is 14.2 Å². The minimum Gasteiger partial charge on any atom is -0.492 e. The van der Waals surface area contributed by atoms with Gasteiger partial charge in [0.25, 0.3) is 0 Å². The molecular weight excluding hydrogens is 292 g/mol. The molecule has 2 heterocycles. The molecule has 1 aromatic rings. The van der Waals surface area contributed by atoms with Crippen molar-refractivity contribution in [3.63, 3.8) is 0 Å². The summed E-state index contributed by atoms with van der Waals surface area (Å²) >= 11 is 1.31. The monoisotopic (exact) mass is 314 g/mol. The Morgan fingerprint density at radius 1 is 1.43 bits per heavy atom. The molecule has 6 nitrogen and oxygen atoms in total. The third-order valence-corrected chi connectivity index (χ3v) is 4.96. The summed E-state index contributed by atoms with van der Waals surface area (Å²) in [7, 11) is 4.90. The molecule has 118 valence electrons. The third kappa shape index (κ3) is 3.41. The summed E-state index contributed by atoms with van der Waals surface area (Å²) in [4.78, 5) is 14.2. The molecule has 0 aromatic carbocycles. The van der Waals surface area contributed by atoms with E-state index in [2.05, 4.69) is 4.90 Å². The fourth-order valence-electron chi connectivity index (χ4n) is 2.51. The average molecular weight is 314 g/mol. The van der Waals surface area contributed by atoms with Crippen molar-refractivity contribution in [2.75, 3.05) is 51.7 Å². The molecule has 0 unspecified atom stereocenters. The molecule has 2 N–H and O–H groups in total. The van der Waals surface area contributed by atoms with E-state index >= 15 is 0 Å². The molecule has 0 aliphatic carbocycles. The summed E-state index contributed by atoms with van der Waals surface area (Å²) in [6, 6.07) is 0. The van der Waals surface area contributed by atoms with Gasteiger partial charge in [-0.05, 0) is 18.8 Å². The van der Waals surface area contributed by atoms with Crippen molar-refractivity contribution in [1.82, 2.24) is 0 Å². The summed E-state index contributed by atoms with van der Waals surface area (Å²) in [5.74, 6) is 0.704. The van der Waals surface area contributed by atoms with E-state index in [1.54, 1.807) is 7.11 Å². The smallest absolute Gasteiger partial charge is 0.350 e. The molecule has 0 spiro atoms. The highest BCUT2D eigenvalue weighted by Crippen LogP contribution is 2.44. The summed E-state index contributed by atoms with van der Waals surface area (Å²) in [5, 5.41) is 0.863. The van der Waals surface area contributed by atoms with Gasteiger partial charge in [0, 0.05) is 26.8 Å². The number of hydrogen-bond acceptors (Lipinski definition) is 7. The van der Waals surface area contributed by atoms with Gasteiger partial charge in [0.2, 0.25) is 0 Å². The molecule has 1 aromatic heterocycles. The van der Waals surface area contributed by atoms with Crippen LogP contribution in [0.4, 0.5) is 10.7 Å². The Labute approximate surface area is 128 Å². The quantitative estimate of drug-likeness (QED) is 0.838. The molecule has 1 fully saturated rings. The fraction of sp³-hybridized carbons (Fsp3) is 0.643. The molecular formula is C14H22N2O4S. The van der Waals surface area contributed by atoms with Crippen LogP contribution >= 0.6 is 11.3 Å². The maximum atomic E-state index is 11.7. The van der Waals surface area contributed by atoms with E-state index in [1.807, 2.05) is 7.05 Å². The fourth-order valence-corrected chi connectivity index (χ4v) is 3.59. The Morgan fingerprint density at radius 3 is 2.67 bits per heavy atom. The Balaban J connectivity index is 2.19. The molecule has 1 aliphatic heterocycles. The second kappa shape index (κ2) is 7.00. The molecule has 1 aliphatic rings. The second-order valence-corrected chi connectivity index (χ2v) is 6.11. The minimum atomic E-state index is -0.429. The molecule has 1 saturated heterocycles. The third-order valence-electron chi connectivity index (χ3n) is 3.68. The van der Waals surface area contributed by atoms with Crippen LogP contribution in [0.2, 0.25) is 0 Å². The van der Waals surface area contributed by atoms with Crippen molar-refractivity contribution in [2.45, 2.75) is 12.8 Å². The normalized spacial score (nSPS) is 15.8. The van der Waals surface area contributed by atoms with Crippen LogP contribution in [0, 0.1) is 5.92 Å². The topological polar surface area (TPSA) is 74.0 Å². The van der Waals surface area contributed by atoms with Crippen molar-refractivity contribution < 1.29 is 19.0 Å². The molecule has 7 heteroatoms. The Hall–Kier alpha value is -1.47. The molecule has 0 atom stereocenters. The van der Waals surface area contributed by atoms with Crippen molar-refractivity contribution in [3.8, 4) is 5.75 Å². The van der Waals surface area contributed by atoms with Gasteiger partial charge in [0.1, 0.15) is 15.6 Å². The van der Waals surface area contributed by atoms with Crippen LogP contribution in [0.3, 0.4) is 0 Å². The number of nitrogens with zero attached hydrogens (tertiary/aromatic N) is 1. The number of anilines is 2. The van der Waals surface area contributed by atoms with E-state index < -0.39 is 5.97 Å². The van der Waals surface area contributed by atoms with E-state index in [0.29, 0.717) is 22.2 Å². The van der Waals surface area contributed by atoms with E-state index in [-0.39, 0.29) is 0 Å². The number of methoxy groups -OCH3 is 2.